The average molecular weight is 434 g/mol. The van der Waals surface area contributed by atoms with Gasteiger partial charge in [-0.05, 0) is 26.2 Å². The summed E-state index contributed by atoms with van der Waals surface area (Å²) < 4.78 is 2.32. The molecular weight excluding hydrogens is 403 g/mol. The van der Waals surface area contributed by atoms with E-state index in [1.54, 1.807) is 0 Å². The van der Waals surface area contributed by atoms with Crippen LogP contribution in [0.3, 0.4) is 0 Å². The van der Waals surface area contributed by atoms with Gasteiger partial charge in [-0.25, -0.2) is 0 Å². The molecule has 1 aromatic heterocycles. The number of hydrogen-bond acceptors (Lipinski definition) is 3. The Balaban J connectivity index is 0.00000264. The molecule has 132 valence electrons. The molecule has 1 aliphatic heterocycles. The summed E-state index contributed by atoms with van der Waals surface area (Å²) in [6.07, 6.45) is 8.06. The fourth-order valence-corrected chi connectivity index (χ4v) is 2.71. The summed E-state index contributed by atoms with van der Waals surface area (Å²) in [5.41, 5.74) is 0. The molecule has 1 aromatic rings. The van der Waals surface area contributed by atoms with Crippen molar-refractivity contribution in [3.05, 3.63) is 11.6 Å². The molecular formula is C16H31IN6. The Morgan fingerprint density at radius 1 is 1.17 bits per heavy atom. The van der Waals surface area contributed by atoms with Crippen LogP contribution in [0.15, 0.2) is 4.99 Å². The van der Waals surface area contributed by atoms with E-state index in [0.29, 0.717) is 0 Å². The first-order valence-electron chi connectivity index (χ1n) is 8.78. The summed E-state index contributed by atoms with van der Waals surface area (Å²) >= 11 is 0. The second-order valence-electron chi connectivity index (χ2n) is 5.79. The van der Waals surface area contributed by atoms with Gasteiger partial charge in [0.05, 0.1) is 0 Å². The van der Waals surface area contributed by atoms with Crippen molar-refractivity contribution in [1.82, 2.24) is 25.4 Å². The molecule has 0 fully saturated rings. The molecule has 7 heteroatoms. The van der Waals surface area contributed by atoms with E-state index >= 15 is 0 Å². The average Bonchev–Trinajstić information content (AvgIpc) is 2.75. The Morgan fingerprint density at radius 3 is 2.83 bits per heavy atom. The van der Waals surface area contributed by atoms with Gasteiger partial charge in [0.1, 0.15) is 11.6 Å². The fourth-order valence-electron chi connectivity index (χ4n) is 2.71. The number of halogens is 1. The minimum atomic E-state index is 0. The van der Waals surface area contributed by atoms with Gasteiger partial charge in [0.2, 0.25) is 0 Å². The van der Waals surface area contributed by atoms with Crippen LogP contribution in [0.5, 0.6) is 0 Å². The Kier molecular flexibility index (Phi) is 10.2. The summed E-state index contributed by atoms with van der Waals surface area (Å²) in [5, 5.41) is 15.4. The molecule has 0 aromatic carbocycles. The number of unbranched alkanes of at least 4 members (excludes halogenated alkanes) is 1. The molecule has 0 radical (unpaired) electrons. The first-order chi connectivity index (χ1) is 10.8. The largest absolute Gasteiger partial charge is 0.357 e. The molecule has 0 unspecified atom stereocenters. The number of aromatic nitrogens is 3. The van der Waals surface area contributed by atoms with Crippen molar-refractivity contribution < 1.29 is 0 Å². The standard InChI is InChI=1S/C16H30N6.HI/c1-3-5-11-18-16(17-4-2)19-12-10-15-21-20-14-9-7-6-8-13-22(14)15;/h3-13H2,1-2H3,(H2,17,18,19);1H. The third-order valence-corrected chi connectivity index (χ3v) is 3.95. The van der Waals surface area contributed by atoms with Crippen molar-refractivity contribution >= 4 is 29.9 Å². The van der Waals surface area contributed by atoms with Crippen molar-refractivity contribution in [1.29, 1.82) is 0 Å². The van der Waals surface area contributed by atoms with E-state index < -0.39 is 0 Å². The predicted molar refractivity (Wildman–Crippen MR) is 106 cm³/mol. The van der Waals surface area contributed by atoms with Crippen LogP contribution in [-0.4, -0.2) is 40.4 Å². The van der Waals surface area contributed by atoms with Gasteiger partial charge in [-0.1, -0.05) is 19.8 Å². The maximum Gasteiger partial charge on any atom is 0.191 e. The van der Waals surface area contributed by atoms with Crippen molar-refractivity contribution in [3.63, 3.8) is 0 Å². The lowest BCUT2D eigenvalue weighted by Gasteiger charge is -2.11. The van der Waals surface area contributed by atoms with Gasteiger partial charge in [0.15, 0.2) is 5.96 Å². The number of aliphatic imine (C=N–C) groups is 1. The zero-order chi connectivity index (χ0) is 15.6. The summed E-state index contributed by atoms with van der Waals surface area (Å²) in [7, 11) is 0. The zero-order valence-electron chi connectivity index (χ0n) is 14.5. The van der Waals surface area contributed by atoms with Gasteiger partial charge in [-0.3, -0.25) is 4.99 Å². The predicted octanol–water partition coefficient (Wildman–Crippen LogP) is 2.52. The molecule has 0 amide bonds. The lowest BCUT2D eigenvalue weighted by molar-refractivity contribution is 0.600. The molecule has 6 nitrogen and oxygen atoms in total. The second kappa shape index (κ2) is 11.6. The maximum absolute atomic E-state index is 4.58. The van der Waals surface area contributed by atoms with E-state index in [9.17, 15) is 0 Å². The lowest BCUT2D eigenvalue weighted by Crippen LogP contribution is -2.38. The number of aryl methyl sites for hydroxylation is 1. The quantitative estimate of drug-likeness (QED) is 0.300. The van der Waals surface area contributed by atoms with Crippen LogP contribution < -0.4 is 10.6 Å². The van der Waals surface area contributed by atoms with E-state index in [1.807, 2.05) is 0 Å². The monoisotopic (exact) mass is 434 g/mol. The molecule has 23 heavy (non-hydrogen) atoms. The third-order valence-electron chi connectivity index (χ3n) is 3.95. The highest BCUT2D eigenvalue weighted by atomic mass is 127. The molecule has 2 rings (SSSR count). The van der Waals surface area contributed by atoms with Gasteiger partial charge in [-0.15, -0.1) is 34.2 Å². The minimum Gasteiger partial charge on any atom is -0.357 e. The van der Waals surface area contributed by atoms with E-state index in [1.165, 1.54) is 25.7 Å². The first-order valence-corrected chi connectivity index (χ1v) is 8.78. The third kappa shape index (κ3) is 6.64. The van der Waals surface area contributed by atoms with Crippen LogP contribution in [0.4, 0.5) is 0 Å². The minimum absolute atomic E-state index is 0. The first kappa shape index (κ1) is 20.2. The number of nitrogens with zero attached hydrogens (tertiary/aromatic N) is 4. The highest BCUT2D eigenvalue weighted by molar-refractivity contribution is 14.0. The number of guanidine groups is 1. The van der Waals surface area contributed by atoms with Crippen LogP contribution in [0.2, 0.25) is 0 Å². The Bertz CT molecular complexity index is 471. The number of nitrogens with one attached hydrogen (secondary N) is 2. The number of rotatable bonds is 7. The molecule has 0 saturated heterocycles. The normalized spacial score (nSPS) is 14.6. The maximum atomic E-state index is 4.58. The van der Waals surface area contributed by atoms with Crippen LogP contribution in [-0.2, 0) is 19.4 Å². The van der Waals surface area contributed by atoms with E-state index in [2.05, 4.69) is 44.2 Å². The number of fused-ring (bicyclic) bond motifs is 1. The molecule has 2 heterocycles. The second-order valence-corrected chi connectivity index (χ2v) is 5.79. The molecule has 0 bridgehead atoms. The van der Waals surface area contributed by atoms with E-state index in [4.69, 9.17) is 0 Å². The highest BCUT2D eigenvalue weighted by Crippen LogP contribution is 2.14. The van der Waals surface area contributed by atoms with Gasteiger partial charge >= 0.3 is 0 Å². The Morgan fingerprint density at radius 2 is 2.04 bits per heavy atom. The van der Waals surface area contributed by atoms with Crippen molar-refractivity contribution in [2.45, 2.75) is 65.3 Å². The van der Waals surface area contributed by atoms with Gasteiger partial charge < -0.3 is 15.2 Å². The lowest BCUT2D eigenvalue weighted by atomic mass is 10.2. The van der Waals surface area contributed by atoms with Crippen LogP contribution in [0.25, 0.3) is 0 Å². The van der Waals surface area contributed by atoms with Crippen molar-refractivity contribution in [3.8, 4) is 0 Å². The molecule has 0 spiro atoms. The zero-order valence-corrected chi connectivity index (χ0v) is 16.8. The smallest absolute Gasteiger partial charge is 0.191 e. The topological polar surface area (TPSA) is 67.1 Å². The van der Waals surface area contributed by atoms with Crippen molar-refractivity contribution in [2.75, 3.05) is 19.6 Å². The van der Waals surface area contributed by atoms with E-state index in [-0.39, 0.29) is 24.0 Å². The van der Waals surface area contributed by atoms with Gasteiger partial charge in [0.25, 0.3) is 0 Å². The summed E-state index contributed by atoms with van der Waals surface area (Å²) in [4.78, 5) is 4.58. The number of hydrogen-bond donors (Lipinski definition) is 2. The summed E-state index contributed by atoms with van der Waals surface area (Å²) in [6.45, 7) is 7.96. The molecule has 0 saturated carbocycles. The molecule has 0 aliphatic carbocycles. The Labute approximate surface area is 157 Å². The van der Waals surface area contributed by atoms with Crippen LogP contribution in [0, 0.1) is 0 Å². The Hall–Kier alpha value is -0.860. The molecule has 0 atom stereocenters. The fraction of sp³-hybridized carbons (Fsp3) is 0.812. The van der Waals surface area contributed by atoms with Crippen LogP contribution >= 0.6 is 24.0 Å². The van der Waals surface area contributed by atoms with E-state index in [0.717, 1.165) is 63.0 Å². The van der Waals surface area contributed by atoms with Crippen LogP contribution in [0.1, 0.15) is 57.6 Å². The molecule has 2 N–H and O–H groups in total. The summed E-state index contributed by atoms with van der Waals surface area (Å²) in [5.74, 6) is 3.18. The van der Waals surface area contributed by atoms with Gasteiger partial charge in [-0.2, -0.15) is 0 Å². The van der Waals surface area contributed by atoms with Gasteiger partial charge in [0, 0.05) is 39.0 Å². The summed E-state index contributed by atoms with van der Waals surface area (Å²) in [6, 6.07) is 0. The highest BCUT2D eigenvalue weighted by Gasteiger charge is 2.14. The SMILES string of the molecule is CCCCN=C(NCC)NCCc1nnc2n1CCCCC2.I. The van der Waals surface area contributed by atoms with Crippen molar-refractivity contribution in [2.24, 2.45) is 4.99 Å². The molecule has 1 aliphatic rings.